The summed E-state index contributed by atoms with van der Waals surface area (Å²) in [6, 6.07) is 5.04. The van der Waals surface area contributed by atoms with E-state index in [1.165, 1.54) is 6.07 Å². The van der Waals surface area contributed by atoms with E-state index in [2.05, 4.69) is 4.98 Å². The number of para-hydroxylation sites is 1. The number of hydrogen-bond acceptors (Lipinski definition) is 1. The molecule has 0 radical (unpaired) electrons. The van der Waals surface area contributed by atoms with Crippen molar-refractivity contribution >= 4 is 22.6 Å². The van der Waals surface area contributed by atoms with Gasteiger partial charge in [0.05, 0.1) is 5.52 Å². The lowest BCUT2D eigenvalue weighted by Crippen LogP contribution is -1.97. The molecule has 0 amide bonds. The summed E-state index contributed by atoms with van der Waals surface area (Å²) in [5.41, 5.74) is 1.31. The molecule has 0 spiro atoms. The molecule has 0 saturated carbocycles. The molecule has 1 aromatic carbocycles. The Morgan fingerprint density at radius 3 is 2.88 bits per heavy atom. The van der Waals surface area contributed by atoms with Gasteiger partial charge in [-0.1, -0.05) is 6.07 Å². The lowest BCUT2D eigenvalue weighted by molar-refractivity contribution is 0.636. The monoisotopic (exact) mass is 240 g/mol. The molecule has 1 heterocycles. The molecule has 0 bridgehead atoms. The van der Waals surface area contributed by atoms with Gasteiger partial charge in [-0.15, -0.1) is 11.6 Å². The van der Waals surface area contributed by atoms with E-state index >= 15 is 0 Å². The molecule has 4 heteroatoms. The number of aryl methyl sites for hydroxylation is 2. The van der Waals surface area contributed by atoms with Crippen LogP contribution in [0.15, 0.2) is 18.2 Å². The minimum Gasteiger partial charge on any atom is -0.331 e. The fourth-order valence-electron chi connectivity index (χ4n) is 1.83. The van der Waals surface area contributed by atoms with Crippen LogP contribution in [-0.4, -0.2) is 15.4 Å². The molecule has 1 aromatic heterocycles. The molecular formula is C12H14ClFN2. The van der Waals surface area contributed by atoms with Crippen LogP contribution in [0.5, 0.6) is 0 Å². The zero-order chi connectivity index (χ0) is 11.5. The SMILES string of the molecule is Cn1c(CCCCCl)nc2c(F)cccc21. The number of alkyl halides is 1. The summed E-state index contributed by atoms with van der Waals surface area (Å²) in [6.45, 7) is 0. The first-order valence-electron chi connectivity index (χ1n) is 5.40. The molecule has 0 aliphatic rings. The van der Waals surface area contributed by atoms with Gasteiger partial charge in [0.15, 0.2) is 5.82 Å². The number of nitrogens with zero attached hydrogens (tertiary/aromatic N) is 2. The van der Waals surface area contributed by atoms with Crippen molar-refractivity contribution in [1.82, 2.24) is 9.55 Å². The molecule has 0 aliphatic heterocycles. The number of benzene rings is 1. The lowest BCUT2D eigenvalue weighted by atomic mass is 10.2. The average molecular weight is 241 g/mol. The van der Waals surface area contributed by atoms with E-state index < -0.39 is 0 Å². The summed E-state index contributed by atoms with van der Waals surface area (Å²) in [6.07, 6.45) is 2.80. The normalized spacial score (nSPS) is 11.2. The van der Waals surface area contributed by atoms with Crippen LogP contribution in [0.25, 0.3) is 11.0 Å². The Morgan fingerprint density at radius 1 is 1.38 bits per heavy atom. The molecule has 0 fully saturated rings. The predicted molar refractivity (Wildman–Crippen MR) is 64.3 cm³/mol. The Balaban J connectivity index is 2.33. The minimum absolute atomic E-state index is 0.253. The third kappa shape index (κ3) is 2.05. The smallest absolute Gasteiger partial charge is 0.151 e. The number of imidazole rings is 1. The van der Waals surface area contributed by atoms with E-state index in [1.54, 1.807) is 6.07 Å². The van der Waals surface area contributed by atoms with Crippen LogP contribution in [0.1, 0.15) is 18.7 Å². The first-order chi connectivity index (χ1) is 7.74. The van der Waals surface area contributed by atoms with Crippen molar-refractivity contribution in [3.8, 4) is 0 Å². The Kier molecular flexibility index (Phi) is 3.44. The fourth-order valence-corrected chi connectivity index (χ4v) is 2.02. The van der Waals surface area contributed by atoms with Crippen molar-refractivity contribution in [3.05, 3.63) is 29.8 Å². The molecule has 0 atom stereocenters. The van der Waals surface area contributed by atoms with E-state index in [-0.39, 0.29) is 5.82 Å². The number of halogens is 2. The Morgan fingerprint density at radius 2 is 2.19 bits per heavy atom. The second kappa shape index (κ2) is 4.83. The van der Waals surface area contributed by atoms with Gasteiger partial charge in [-0.3, -0.25) is 0 Å². The van der Waals surface area contributed by atoms with Crippen LogP contribution >= 0.6 is 11.6 Å². The minimum atomic E-state index is -0.253. The largest absolute Gasteiger partial charge is 0.331 e. The second-order valence-corrected chi connectivity index (χ2v) is 4.22. The Bertz CT molecular complexity index is 493. The highest BCUT2D eigenvalue weighted by Gasteiger charge is 2.10. The summed E-state index contributed by atoms with van der Waals surface area (Å²) in [5, 5.41) is 0. The maximum atomic E-state index is 13.5. The van der Waals surface area contributed by atoms with Crippen molar-refractivity contribution in [2.45, 2.75) is 19.3 Å². The van der Waals surface area contributed by atoms with Crippen LogP contribution in [-0.2, 0) is 13.5 Å². The van der Waals surface area contributed by atoms with Crippen LogP contribution in [0, 0.1) is 5.82 Å². The molecule has 2 rings (SSSR count). The van der Waals surface area contributed by atoms with Crippen molar-refractivity contribution in [2.75, 3.05) is 5.88 Å². The molecular weight excluding hydrogens is 227 g/mol. The maximum Gasteiger partial charge on any atom is 0.151 e. The van der Waals surface area contributed by atoms with Crippen molar-refractivity contribution in [2.24, 2.45) is 7.05 Å². The molecule has 2 nitrogen and oxygen atoms in total. The standard InChI is InChI=1S/C12H14ClFN2/c1-16-10-6-4-5-9(14)12(10)15-11(16)7-2-3-8-13/h4-6H,2-3,7-8H2,1H3. The third-order valence-electron chi connectivity index (χ3n) is 2.74. The summed E-state index contributed by atoms with van der Waals surface area (Å²) < 4.78 is 15.4. The van der Waals surface area contributed by atoms with Crippen molar-refractivity contribution < 1.29 is 4.39 Å². The van der Waals surface area contributed by atoms with Gasteiger partial charge in [-0.25, -0.2) is 9.37 Å². The molecule has 16 heavy (non-hydrogen) atoms. The van der Waals surface area contributed by atoms with Gasteiger partial charge >= 0.3 is 0 Å². The average Bonchev–Trinajstić information content (AvgIpc) is 2.59. The van der Waals surface area contributed by atoms with E-state index in [9.17, 15) is 4.39 Å². The van der Waals surface area contributed by atoms with Gasteiger partial charge in [0.1, 0.15) is 11.3 Å². The Hall–Kier alpha value is -1.09. The van der Waals surface area contributed by atoms with Gasteiger partial charge in [0.25, 0.3) is 0 Å². The summed E-state index contributed by atoms with van der Waals surface area (Å²) in [5.74, 6) is 1.33. The predicted octanol–water partition coefficient (Wildman–Crippen LogP) is 3.27. The van der Waals surface area contributed by atoms with E-state index in [0.717, 1.165) is 30.6 Å². The van der Waals surface area contributed by atoms with Crippen LogP contribution in [0.2, 0.25) is 0 Å². The van der Waals surface area contributed by atoms with Crippen molar-refractivity contribution in [3.63, 3.8) is 0 Å². The molecule has 2 aromatic rings. The number of fused-ring (bicyclic) bond motifs is 1. The number of rotatable bonds is 4. The van der Waals surface area contributed by atoms with Crippen LogP contribution in [0.3, 0.4) is 0 Å². The first kappa shape index (κ1) is 11.4. The highest BCUT2D eigenvalue weighted by molar-refractivity contribution is 6.17. The summed E-state index contributed by atoms with van der Waals surface area (Å²) >= 11 is 5.62. The molecule has 0 saturated heterocycles. The van der Waals surface area contributed by atoms with Gasteiger partial charge in [0.2, 0.25) is 0 Å². The number of aromatic nitrogens is 2. The molecule has 0 aliphatic carbocycles. The zero-order valence-corrected chi connectivity index (χ0v) is 9.97. The fraction of sp³-hybridized carbons (Fsp3) is 0.417. The number of unbranched alkanes of at least 4 members (excludes halogenated alkanes) is 1. The summed E-state index contributed by atoms with van der Waals surface area (Å²) in [7, 11) is 1.92. The first-order valence-corrected chi connectivity index (χ1v) is 5.93. The highest BCUT2D eigenvalue weighted by atomic mass is 35.5. The van der Waals surface area contributed by atoms with Gasteiger partial charge in [-0.2, -0.15) is 0 Å². The number of hydrogen-bond donors (Lipinski definition) is 0. The van der Waals surface area contributed by atoms with Crippen molar-refractivity contribution in [1.29, 1.82) is 0 Å². The molecule has 0 N–H and O–H groups in total. The quantitative estimate of drug-likeness (QED) is 0.593. The topological polar surface area (TPSA) is 17.8 Å². The van der Waals surface area contributed by atoms with Gasteiger partial charge < -0.3 is 4.57 Å². The molecule has 86 valence electrons. The van der Waals surface area contributed by atoms with Gasteiger partial charge in [0, 0.05) is 19.3 Å². The zero-order valence-electron chi connectivity index (χ0n) is 9.21. The molecule has 0 unspecified atom stereocenters. The van der Waals surface area contributed by atoms with E-state index in [1.807, 2.05) is 17.7 Å². The lowest BCUT2D eigenvalue weighted by Gasteiger charge is -2.00. The third-order valence-corrected chi connectivity index (χ3v) is 3.01. The summed E-state index contributed by atoms with van der Waals surface area (Å²) in [4.78, 5) is 4.33. The van der Waals surface area contributed by atoms with Crippen LogP contribution < -0.4 is 0 Å². The van der Waals surface area contributed by atoms with Crippen LogP contribution in [0.4, 0.5) is 4.39 Å². The van der Waals surface area contributed by atoms with E-state index in [0.29, 0.717) is 11.4 Å². The van der Waals surface area contributed by atoms with E-state index in [4.69, 9.17) is 11.6 Å². The maximum absolute atomic E-state index is 13.5. The second-order valence-electron chi connectivity index (χ2n) is 3.84. The van der Waals surface area contributed by atoms with Gasteiger partial charge in [-0.05, 0) is 25.0 Å². The highest BCUT2D eigenvalue weighted by Crippen LogP contribution is 2.18. The Labute approximate surface area is 99.0 Å².